The van der Waals surface area contributed by atoms with Gasteiger partial charge < -0.3 is 10.2 Å². The highest BCUT2D eigenvalue weighted by molar-refractivity contribution is 6.42. The van der Waals surface area contributed by atoms with Crippen molar-refractivity contribution >= 4 is 40.1 Å². The quantitative estimate of drug-likeness (QED) is 0.527. The van der Waals surface area contributed by atoms with Gasteiger partial charge in [0.1, 0.15) is 5.69 Å². The zero-order valence-electron chi connectivity index (χ0n) is 15.5. The molecule has 27 heavy (non-hydrogen) atoms. The zero-order chi connectivity index (χ0) is 19.2. The molecule has 0 aliphatic heterocycles. The summed E-state index contributed by atoms with van der Waals surface area (Å²) in [7, 11) is 4.19. The summed E-state index contributed by atoms with van der Waals surface area (Å²) in [6.07, 6.45) is 5.16. The van der Waals surface area contributed by atoms with Gasteiger partial charge >= 0.3 is 0 Å². The fraction of sp³-hybridized carbons (Fsp3) is 0.350. The van der Waals surface area contributed by atoms with Gasteiger partial charge in [-0.3, -0.25) is 4.98 Å². The first-order chi connectivity index (χ1) is 13.0. The summed E-state index contributed by atoms with van der Waals surface area (Å²) in [6.45, 7) is 1.93. The third-order valence-electron chi connectivity index (χ3n) is 4.19. The number of hydrogen-bond donors (Lipinski definition) is 1. The van der Waals surface area contributed by atoms with Crippen LogP contribution in [0, 0.1) is 0 Å². The first-order valence-corrected chi connectivity index (χ1v) is 9.77. The van der Waals surface area contributed by atoms with Crippen LogP contribution in [0.5, 0.6) is 0 Å². The molecule has 0 spiro atoms. The summed E-state index contributed by atoms with van der Waals surface area (Å²) >= 11 is 12.3. The van der Waals surface area contributed by atoms with Crippen molar-refractivity contribution < 1.29 is 0 Å². The lowest BCUT2D eigenvalue weighted by atomic mass is 10.2. The molecule has 0 amide bonds. The molecule has 5 nitrogen and oxygen atoms in total. The number of nitrogens with zero attached hydrogens (tertiary/aromatic N) is 4. The maximum Gasteiger partial charge on any atom is 0.154 e. The van der Waals surface area contributed by atoms with E-state index in [1.165, 1.54) is 6.42 Å². The van der Waals surface area contributed by atoms with Gasteiger partial charge in [0.2, 0.25) is 0 Å². The molecule has 0 aliphatic rings. The van der Waals surface area contributed by atoms with E-state index >= 15 is 0 Å². The SMILES string of the molecule is CN(C)CCCCCNc1nc2cc(Cl)c(Cl)cc2nc1-c1ccccn1. The molecule has 1 aromatic carbocycles. The topological polar surface area (TPSA) is 53.9 Å². The predicted octanol–water partition coefficient (Wildman–Crippen LogP) is 5.14. The van der Waals surface area contributed by atoms with Crippen LogP contribution >= 0.6 is 23.2 Å². The second-order valence-corrected chi connectivity index (χ2v) is 7.50. The van der Waals surface area contributed by atoms with Gasteiger partial charge in [0.15, 0.2) is 5.82 Å². The molecule has 0 unspecified atom stereocenters. The molecule has 7 heteroatoms. The van der Waals surface area contributed by atoms with Crippen molar-refractivity contribution in [3.8, 4) is 11.4 Å². The van der Waals surface area contributed by atoms with E-state index < -0.39 is 0 Å². The average molecular weight is 404 g/mol. The van der Waals surface area contributed by atoms with Crippen molar-refractivity contribution in [3.05, 3.63) is 46.6 Å². The fourth-order valence-electron chi connectivity index (χ4n) is 2.79. The molecule has 2 heterocycles. The van der Waals surface area contributed by atoms with Crippen molar-refractivity contribution in [1.82, 2.24) is 19.9 Å². The number of unbranched alkanes of at least 4 members (excludes halogenated alkanes) is 2. The van der Waals surface area contributed by atoms with Gasteiger partial charge in [0, 0.05) is 12.7 Å². The van der Waals surface area contributed by atoms with E-state index in [1.54, 1.807) is 18.3 Å². The monoisotopic (exact) mass is 403 g/mol. The van der Waals surface area contributed by atoms with Crippen molar-refractivity contribution in [2.45, 2.75) is 19.3 Å². The van der Waals surface area contributed by atoms with Gasteiger partial charge in [-0.1, -0.05) is 35.7 Å². The smallest absolute Gasteiger partial charge is 0.154 e. The lowest BCUT2D eigenvalue weighted by Crippen LogP contribution is -2.13. The Balaban J connectivity index is 1.84. The summed E-state index contributed by atoms with van der Waals surface area (Å²) in [5.74, 6) is 0.715. The number of benzene rings is 1. The summed E-state index contributed by atoms with van der Waals surface area (Å²) < 4.78 is 0. The van der Waals surface area contributed by atoms with Crippen LogP contribution in [0.15, 0.2) is 36.5 Å². The molecule has 0 atom stereocenters. The highest BCUT2D eigenvalue weighted by atomic mass is 35.5. The molecule has 3 aromatic rings. The zero-order valence-corrected chi connectivity index (χ0v) is 17.1. The summed E-state index contributed by atoms with van der Waals surface area (Å²) in [6, 6.07) is 9.23. The van der Waals surface area contributed by atoms with Crippen molar-refractivity contribution in [1.29, 1.82) is 0 Å². The molecule has 0 saturated carbocycles. The Labute approximate surface area is 169 Å². The summed E-state index contributed by atoms with van der Waals surface area (Å²) in [5, 5.41) is 4.36. The van der Waals surface area contributed by atoms with Gasteiger partial charge in [-0.15, -0.1) is 0 Å². The Kier molecular flexibility index (Phi) is 6.83. The molecule has 0 bridgehead atoms. The van der Waals surface area contributed by atoms with Gasteiger partial charge in [-0.2, -0.15) is 0 Å². The molecule has 1 N–H and O–H groups in total. The summed E-state index contributed by atoms with van der Waals surface area (Å²) in [5.41, 5.74) is 2.89. The number of anilines is 1. The molecule has 0 radical (unpaired) electrons. The molecular weight excluding hydrogens is 381 g/mol. The van der Waals surface area contributed by atoms with Crippen molar-refractivity contribution in [3.63, 3.8) is 0 Å². The van der Waals surface area contributed by atoms with Gasteiger partial charge in [-0.05, 0) is 57.7 Å². The first-order valence-electron chi connectivity index (χ1n) is 9.01. The van der Waals surface area contributed by atoms with E-state index in [4.69, 9.17) is 33.2 Å². The Morgan fingerprint density at radius 2 is 1.70 bits per heavy atom. The maximum atomic E-state index is 6.15. The standard InChI is InChI=1S/C20H23Cl2N5/c1-27(2)11-7-3-5-10-24-20-19(16-8-4-6-9-23-16)25-17-12-14(21)15(22)13-18(17)26-20/h4,6,8-9,12-13H,3,5,7,10-11H2,1-2H3,(H,24,26). The summed E-state index contributed by atoms with van der Waals surface area (Å²) in [4.78, 5) is 16.1. The number of aromatic nitrogens is 3. The van der Waals surface area contributed by atoms with Crippen LogP contribution < -0.4 is 5.32 Å². The predicted molar refractivity (Wildman–Crippen MR) is 114 cm³/mol. The third kappa shape index (κ3) is 5.28. The highest BCUT2D eigenvalue weighted by Crippen LogP contribution is 2.30. The Bertz CT molecular complexity index is 900. The normalized spacial score (nSPS) is 11.3. The number of fused-ring (bicyclic) bond motifs is 1. The van der Waals surface area contributed by atoms with Crippen LogP contribution in [0.3, 0.4) is 0 Å². The Morgan fingerprint density at radius 1 is 0.963 bits per heavy atom. The molecule has 142 valence electrons. The van der Waals surface area contributed by atoms with Gasteiger partial charge in [0.05, 0.1) is 26.8 Å². The molecule has 0 saturated heterocycles. The van der Waals surface area contributed by atoms with E-state index in [2.05, 4.69) is 29.3 Å². The minimum absolute atomic E-state index is 0.465. The van der Waals surface area contributed by atoms with Crippen LogP contribution in [0.1, 0.15) is 19.3 Å². The number of hydrogen-bond acceptors (Lipinski definition) is 5. The number of halogens is 2. The number of nitrogens with one attached hydrogen (secondary N) is 1. The van der Waals surface area contributed by atoms with Crippen LogP contribution in [0.25, 0.3) is 22.4 Å². The maximum absolute atomic E-state index is 6.15. The number of rotatable bonds is 8. The van der Waals surface area contributed by atoms with E-state index in [0.717, 1.165) is 37.3 Å². The Morgan fingerprint density at radius 3 is 2.37 bits per heavy atom. The molecule has 0 aliphatic carbocycles. The second-order valence-electron chi connectivity index (χ2n) is 6.68. The third-order valence-corrected chi connectivity index (χ3v) is 4.91. The van der Waals surface area contributed by atoms with E-state index in [-0.39, 0.29) is 0 Å². The van der Waals surface area contributed by atoms with Crippen LogP contribution in [0.4, 0.5) is 5.82 Å². The Hall–Kier alpha value is -1.95. The molecule has 0 fully saturated rings. The van der Waals surface area contributed by atoms with E-state index in [0.29, 0.717) is 26.9 Å². The lowest BCUT2D eigenvalue weighted by molar-refractivity contribution is 0.393. The van der Waals surface area contributed by atoms with Gasteiger partial charge in [0.25, 0.3) is 0 Å². The van der Waals surface area contributed by atoms with Gasteiger partial charge in [-0.25, -0.2) is 9.97 Å². The van der Waals surface area contributed by atoms with Crippen molar-refractivity contribution in [2.24, 2.45) is 0 Å². The minimum Gasteiger partial charge on any atom is -0.368 e. The van der Waals surface area contributed by atoms with Crippen molar-refractivity contribution in [2.75, 3.05) is 32.5 Å². The first kappa shape index (κ1) is 19.8. The molecule has 3 rings (SSSR count). The fourth-order valence-corrected chi connectivity index (χ4v) is 3.11. The largest absolute Gasteiger partial charge is 0.368 e. The highest BCUT2D eigenvalue weighted by Gasteiger charge is 2.13. The second kappa shape index (κ2) is 9.31. The van der Waals surface area contributed by atoms with Crippen LogP contribution in [-0.2, 0) is 0 Å². The minimum atomic E-state index is 0.465. The van der Waals surface area contributed by atoms with E-state index in [9.17, 15) is 0 Å². The van der Waals surface area contributed by atoms with Crippen LogP contribution in [-0.4, -0.2) is 47.0 Å². The lowest BCUT2D eigenvalue weighted by Gasteiger charge is -2.13. The average Bonchev–Trinajstić information content (AvgIpc) is 2.65. The van der Waals surface area contributed by atoms with Crippen LogP contribution in [0.2, 0.25) is 10.0 Å². The molecule has 2 aromatic heterocycles. The number of pyridine rings is 1. The molecular formula is C20H23Cl2N5. The van der Waals surface area contributed by atoms with E-state index in [1.807, 2.05) is 18.2 Å².